The van der Waals surface area contributed by atoms with Crippen molar-refractivity contribution in [2.24, 2.45) is 0 Å². The Hall–Kier alpha value is -1.60. The number of ether oxygens (including phenoxy) is 1. The van der Waals surface area contributed by atoms with Gasteiger partial charge in [0.05, 0.1) is 18.0 Å². The molecule has 0 radical (unpaired) electrons. The summed E-state index contributed by atoms with van der Waals surface area (Å²) in [6, 6.07) is 7.80. The molecule has 0 bridgehead atoms. The van der Waals surface area contributed by atoms with E-state index in [1.807, 2.05) is 0 Å². The minimum atomic E-state index is -3.56. The maximum absolute atomic E-state index is 12.3. The van der Waals surface area contributed by atoms with Crippen LogP contribution in [0.1, 0.15) is 19.8 Å². The molecule has 1 heterocycles. The molecule has 22 heavy (non-hydrogen) atoms. The van der Waals surface area contributed by atoms with Crippen LogP contribution in [0.4, 0.5) is 5.69 Å². The van der Waals surface area contributed by atoms with Crippen molar-refractivity contribution in [3.8, 4) is 0 Å². The quantitative estimate of drug-likeness (QED) is 0.850. The SMILES string of the molecule is C[C@H](C(=O)NC[C@@H]1CCCO1)N(c1ccccc1)S(C)(=O)=O. The smallest absolute Gasteiger partial charge is 0.243 e. The minimum absolute atomic E-state index is 0.0274. The van der Waals surface area contributed by atoms with Crippen LogP contribution in [0.2, 0.25) is 0 Å². The zero-order valence-corrected chi connectivity index (χ0v) is 13.7. The lowest BCUT2D eigenvalue weighted by molar-refractivity contribution is -0.122. The van der Waals surface area contributed by atoms with E-state index in [1.54, 1.807) is 37.3 Å². The van der Waals surface area contributed by atoms with Crippen molar-refractivity contribution in [1.29, 1.82) is 0 Å². The molecule has 1 aromatic rings. The summed E-state index contributed by atoms with van der Waals surface area (Å²) < 4.78 is 30.7. The van der Waals surface area contributed by atoms with Gasteiger partial charge >= 0.3 is 0 Å². The first-order valence-electron chi connectivity index (χ1n) is 7.33. The van der Waals surface area contributed by atoms with Gasteiger partial charge in [0.15, 0.2) is 0 Å². The minimum Gasteiger partial charge on any atom is -0.376 e. The van der Waals surface area contributed by atoms with E-state index < -0.39 is 16.1 Å². The van der Waals surface area contributed by atoms with Crippen molar-refractivity contribution in [3.05, 3.63) is 30.3 Å². The van der Waals surface area contributed by atoms with Crippen LogP contribution in [0.25, 0.3) is 0 Å². The van der Waals surface area contributed by atoms with E-state index in [1.165, 1.54) is 0 Å². The Kier molecular flexibility index (Phi) is 5.42. The molecule has 2 rings (SSSR count). The Morgan fingerprint density at radius 2 is 2.09 bits per heavy atom. The molecular weight excluding hydrogens is 304 g/mol. The van der Waals surface area contributed by atoms with Gasteiger partial charge in [-0.15, -0.1) is 0 Å². The first-order valence-corrected chi connectivity index (χ1v) is 9.18. The summed E-state index contributed by atoms with van der Waals surface area (Å²) in [7, 11) is -3.56. The van der Waals surface area contributed by atoms with E-state index in [-0.39, 0.29) is 12.0 Å². The number of hydrogen-bond acceptors (Lipinski definition) is 4. The molecule has 1 aliphatic heterocycles. The molecule has 1 fully saturated rings. The number of carbonyl (C=O) groups is 1. The first kappa shape index (κ1) is 16.8. The number of nitrogens with one attached hydrogen (secondary N) is 1. The maximum atomic E-state index is 12.3. The second-order valence-corrected chi connectivity index (χ2v) is 7.31. The summed E-state index contributed by atoms with van der Waals surface area (Å²) in [6.07, 6.45) is 3.04. The summed E-state index contributed by atoms with van der Waals surface area (Å²) in [5, 5.41) is 2.78. The molecule has 1 aromatic carbocycles. The Morgan fingerprint density at radius 1 is 1.41 bits per heavy atom. The molecule has 122 valence electrons. The maximum Gasteiger partial charge on any atom is 0.243 e. The highest BCUT2D eigenvalue weighted by molar-refractivity contribution is 7.92. The molecule has 1 saturated heterocycles. The van der Waals surface area contributed by atoms with E-state index in [9.17, 15) is 13.2 Å². The fraction of sp³-hybridized carbons (Fsp3) is 0.533. The van der Waals surface area contributed by atoms with Crippen molar-refractivity contribution in [2.75, 3.05) is 23.7 Å². The Labute approximate surface area is 131 Å². The van der Waals surface area contributed by atoms with Gasteiger partial charge in [-0.1, -0.05) is 18.2 Å². The van der Waals surface area contributed by atoms with Crippen LogP contribution in [0.5, 0.6) is 0 Å². The normalized spacial score (nSPS) is 19.6. The van der Waals surface area contributed by atoms with Crippen LogP contribution in [0.15, 0.2) is 30.3 Å². The van der Waals surface area contributed by atoms with Crippen LogP contribution in [-0.2, 0) is 19.6 Å². The van der Waals surface area contributed by atoms with Gasteiger partial charge in [-0.2, -0.15) is 0 Å². The third kappa shape index (κ3) is 4.20. The van der Waals surface area contributed by atoms with Gasteiger partial charge in [0.2, 0.25) is 15.9 Å². The highest BCUT2D eigenvalue weighted by Gasteiger charge is 2.29. The average Bonchev–Trinajstić information content (AvgIpc) is 2.97. The molecule has 6 nitrogen and oxygen atoms in total. The van der Waals surface area contributed by atoms with E-state index in [2.05, 4.69) is 5.32 Å². The summed E-state index contributed by atoms with van der Waals surface area (Å²) >= 11 is 0. The number of rotatable bonds is 6. The van der Waals surface area contributed by atoms with Crippen LogP contribution in [0.3, 0.4) is 0 Å². The summed E-state index contributed by atoms with van der Waals surface area (Å²) in [5.74, 6) is -0.329. The Bertz CT molecular complexity index is 597. The number of carbonyl (C=O) groups excluding carboxylic acids is 1. The predicted molar refractivity (Wildman–Crippen MR) is 85.2 cm³/mol. The third-order valence-corrected chi connectivity index (χ3v) is 4.87. The summed E-state index contributed by atoms with van der Waals surface area (Å²) in [5.41, 5.74) is 0.477. The number of sulfonamides is 1. The topological polar surface area (TPSA) is 75.7 Å². The molecule has 0 saturated carbocycles. The predicted octanol–water partition coefficient (Wildman–Crippen LogP) is 1.14. The van der Waals surface area contributed by atoms with Crippen molar-refractivity contribution < 1.29 is 17.9 Å². The van der Waals surface area contributed by atoms with E-state index in [0.717, 1.165) is 30.0 Å². The molecule has 0 aliphatic carbocycles. The number of anilines is 1. The lowest BCUT2D eigenvalue weighted by atomic mass is 10.2. The zero-order chi connectivity index (χ0) is 16.2. The van der Waals surface area contributed by atoms with Crippen LogP contribution < -0.4 is 9.62 Å². The van der Waals surface area contributed by atoms with Gasteiger partial charge in [0.1, 0.15) is 6.04 Å². The number of benzene rings is 1. The molecule has 1 N–H and O–H groups in total. The molecule has 1 amide bonds. The highest BCUT2D eigenvalue weighted by atomic mass is 32.2. The van der Waals surface area contributed by atoms with Gasteiger partial charge in [0.25, 0.3) is 0 Å². The molecule has 1 aliphatic rings. The van der Waals surface area contributed by atoms with Gasteiger partial charge < -0.3 is 10.1 Å². The number of hydrogen-bond donors (Lipinski definition) is 1. The monoisotopic (exact) mass is 326 g/mol. The Morgan fingerprint density at radius 3 is 2.64 bits per heavy atom. The number of nitrogens with zero attached hydrogens (tertiary/aromatic N) is 1. The zero-order valence-electron chi connectivity index (χ0n) is 12.9. The molecule has 2 atom stereocenters. The number of para-hydroxylation sites is 1. The fourth-order valence-electron chi connectivity index (χ4n) is 2.55. The van der Waals surface area contributed by atoms with Crippen LogP contribution in [-0.4, -0.2) is 45.9 Å². The average molecular weight is 326 g/mol. The standard InChI is InChI=1S/C15H22N2O4S/c1-12(15(18)16-11-14-9-6-10-21-14)17(22(2,19)20)13-7-4-3-5-8-13/h3-5,7-8,12,14H,6,9-11H2,1-2H3,(H,16,18)/t12-,14+/m1/s1. The first-order chi connectivity index (χ1) is 10.4. The van der Waals surface area contributed by atoms with Crippen molar-refractivity contribution in [3.63, 3.8) is 0 Å². The van der Waals surface area contributed by atoms with Crippen LogP contribution >= 0.6 is 0 Å². The second kappa shape index (κ2) is 7.11. The van der Waals surface area contributed by atoms with Gasteiger partial charge in [-0.05, 0) is 31.9 Å². The van der Waals surface area contributed by atoms with Crippen molar-refractivity contribution in [2.45, 2.75) is 31.9 Å². The molecule has 0 spiro atoms. The van der Waals surface area contributed by atoms with Crippen LogP contribution in [0, 0.1) is 0 Å². The number of amides is 1. The summed E-state index contributed by atoms with van der Waals surface area (Å²) in [6.45, 7) is 2.71. The molecule has 0 aromatic heterocycles. The largest absolute Gasteiger partial charge is 0.376 e. The highest BCUT2D eigenvalue weighted by Crippen LogP contribution is 2.20. The summed E-state index contributed by atoms with van der Waals surface area (Å²) in [4.78, 5) is 12.3. The van der Waals surface area contributed by atoms with Gasteiger partial charge in [0, 0.05) is 13.2 Å². The molecular formula is C15H22N2O4S. The van der Waals surface area contributed by atoms with Gasteiger partial charge in [-0.3, -0.25) is 9.10 Å². The molecule has 0 unspecified atom stereocenters. The van der Waals surface area contributed by atoms with Crippen molar-refractivity contribution in [1.82, 2.24) is 5.32 Å². The van der Waals surface area contributed by atoms with E-state index in [0.29, 0.717) is 12.2 Å². The second-order valence-electron chi connectivity index (χ2n) is 5.45. The lowest BCUT2D eigenvalue weighted by Gasteiger charge is -2.28. The Balaban J connectivity index is 2.08. The van der Waals surface area contributed by atoms with E-state index >= 15 is 0 Å². The lowest BCUT2D eigenvalue weighted by Crippen LogP contribution is -2.49. The fourth-order valence-corrected chi connectivity index (χ4v) is 3.73. The van der Waals surface area contributed by atoms with Gasteiger partial charge in [-0.25, -0.2) is 8.42 Å². The van der Waals surface area contributed by atoms with E-state index in [4.69, 9.17) is 4.74 Å². The third-order valence-electron chi connectivity index (χ3n) is 3.63. The molecule has 7 heteroatoms. The van der Waals surface area contributed by atoms with Crippen molar-refractivity contribution >= 4 is 21.6 Å².